The lowest BCUT2D eigenvalue weighted by Gasteiger charge is -2.30. The maximum Gasteiger partial charge on any atom is 0.459 e. The van der Waals surface area contributed by atoms with Gasteiger partial charge in [0, 0.05) is 12.8 Å². The molecule has 3 N–H and O–H groups in total. The van der Waals surface area contributed by atoms with Crippen LogP contribution in [0.25, 0.3) is 5.52 Å². The summed E-state index contributed by atoms with van der Waals surface area (Å²) in [4.78, 5) is 41.9. The number of para-hydroxylation sites is 1. The number of nitrogens with one attached hydrogen (secondary N) is 1. The average molecular weight is 673 g/mol. The fourth-order valence-corrected chi connectivity index (χ4v) is 6.22. The molecule has 0 radical (unpaired) electrons. The highest BCUT2D eigenvalue weighted by Gasteiger charge is 2.62. The standard InChI is InChI=1S/C30H37N6O10P/c1-5-15-41-29(39)19(4)35-47(40,46-20-11-9-8-10-12-20)42-17-30(16-31)27(44-24(38)7-3)26(43-23(37)6-2)25(45-30)21-13-14-22-28(32)33-18-34-36(21)22/h8-14,18-19,25-27H,5-7,15,17H2,1-4H3,(H,35,40)(H2,32,33,34)/t19-,25-,26-,27-,30+,47-/m0/s1. The fraction of sp³-hybridized carbons (Fsp3) is 0.467. The first-order chi connectivity index (χ1) is 22.5. The van der Waals surface area contributed by atoms with Gasteiger partial charge in [-0.2, -0.15) is 15.4 Å². The second-order valence-corrected chi connectivity index (χ2v) is 12.2. The molecule has 0 amide bonds. The second-order valence-electron chi connectivity index (χ2n) is 10.5. The normalized spacial score (nSPS) is 22.5. The first-order valence-electron chi connectivity index (χ1n) is 15.0. The summed E-state index contributed by atoms with van der Waals surface area (Å²) in [5, 5.41) is 17.4. The third-order valence-corrected chi connectivity index (χ3v) is 8.68. The number of nitrogens with two attached hydrogens (primary N) is 1. The number of ether oxygens (including phenoxy) is 4. The zero-order chi connectivity index (χ0) is 34.2. The molecule has 1 aromatic carbocycles. The van der Waals surface area contributed by atoms with Crippen LogP contribution in [0.1, 0.15) is 58.8 Å². The molecule has 1 fully saturated rings. The minimum atomic E-state index is -4.51. The molecule has 0 saturated carbocycles. The molecule has 3 heterocycles. The van der Waals surface area contributed by atoms with E-state index in [1.807, 2.05) is 13.0 Å². The molecule has 47 heavy (non-hydrogen) atoms. The Morgan fingerprint density at radius 1 is 1.13 bits per heavy atom. The van der Waals surface area contributed by atoms with Crippen molar-refractivity contribution in [3.63, 3.8) is 0 Å². The number of nitrogens with zero attached hydrogens (tertiary/aromatic N) is 4. The Morgan fingerprint density at radius 3 is 2.49 bits per heavy atom. The molecule has 6 atom stereocenters. The van der Waals surface area contributed by atoms with Gasteiger partial charge in [-0.15, -0.1) is 0 Å². The minimum absolute atomic E-state index is 0.0478. The van der Waals surface area contributed by atoms with E-state index in [9.17, 15) is 24.2 Å². The van der Waals surface area contributed by atoms with Crippen molar-refractivity contribution in [2.75, 3.05) is 18.9 Å². The van der Waals surface area contributed by atoms with Crippen molar-refractivity contribution in [1.82, 2.24) is 19.7 Å². The largest absolute Gasteiger partial charge is 0.465 e. The summed E-state index contributed by atoms with van der Waals surface area (Å²) in [6.45, 7) is 5.63. The summed E-state index contributed by atoms with van der Waals surface area (Å²) in [6.07, 6.45) is -2.60. The highest BCUT2D eigenvalue weighted by molar-refractivity contribution is 7.52. The smallest absolute Gasteiger partial charge is 0.459 e. The first kappa shape index (κ1) is 35.3. The van der Waals surface area contributed by atoms with E-state index in [1.54, 1.807) is 44.2 Å². The molecule has 0 spiro atoms. The van der Waals surface area contributed by atoms with Crippen LogP contribution in [-0.2, 0) is 42.4 Å². The van der Waals surface area contributed by atoms with Crippen molar-refractivity contribution in [1.29, 1.82) is 5.26 Å². The van der Waals surface area contributed by atoms with E-state index in [0.29, 0.717) is 11.9 Å². The number of benzene rings is 1. The fourth-order valence-electron chi connectivity index (χ4n) is 4.69. The quantitative estimate of drug-likeness (QED) is 0.134. The number of rotatable bonds is 15. The number of esters is 3. The lowest BCUT2D eigenvalue weighted by molar-refractivity contribution is -0.169. The Bertz CT molecular complexity index is 1660. The number of aromatic nitrogens is 3. The van der Waals surface area contributed by atoms with Crippen molar-refractivity contribution in [2.24, 2.45) is 0 Å². The molecule has 4 rings (SSSR count). The van der Waals surface area contributed by atoms with E-state index in [2.05, 4.69) is 15.2 Å². The number of nitriles is 1. The number of carbonyl (C=O) groups is 3. The third-order valence-electron chi connectivity index (χ3n) is 7.06. The van der Waals surface area contributed by atoms with Gasteiger partial charge in [-0.25, -0.2) is 14.1 Å². The average Bonchev–Trinajstić information content (AvgIpc) is 3.63. The number of hydrogen-bond acceptors (Lipinski definition) is 14. The van der Waals surface area contributed by atoms with Crippen molar-refractivity contribution in [2.45, 2.75) is 76.9 Å². The van der Waals surface area contributed by atoms with Crippen molar-refractivity contribution < 1.29 is 46.9 Å². The third kappa shape index (κ3) is 8.06. The SMILES string of the molecule is CCCOC(=O)[C@H](C)N[P@](=O)(OC[C@@]1(C#N)O[C@@H](c2ccc3c(N)ncnn23)[C@H](OC(=O)CC)[C@@H]1OC(=O)CC)Oc1ccccc1. The lowest BCUT2D eigenvalue weighted by Crippen LogP contribution is -2.49. The molecule has 1 aliphatic heterocycles. The Kier molecular flexibility index (Phi) is 11.5. The Morgan fingerprint density at radius 2 is 1.83 bits per heavy atom. The number of anilines is 1. The van der Waals surface area contributed by atoms with Crippen molar-refractivity contribution in [3.8, 4) is 11.8 Å². The van der Waals surface area contributed by atoms with Gasteiger partial charge < -0.3 is 29.2 Å². The van der Waals surface area contributed by atoms with Gasteiger partial charge in [-0.3, -0.25) is 18.9 Å². The van der Waals surface area contributed by atoms with E-state index >= 15 is 0 Å². The van der Waals surface area contributed by atoms with Gasteiger partial charge in [0.05, 0.1) is 12.3 Å². The molecule has 252 valence electrons. The topological polar surface area (TPSA) is 216 Å². The Labute approximate surface area is 271 Å². The van der Waals surface area contributed by atoms with E-state index < -0.39 is 62.2 Å². The predicted octanol–water partition coefficient (Wildman–Crippen LogP) is 3.42. The van der Waals surface area contributed by atoms with Gasteiger partial charge >= 0.3 is 25.7 Å². The highest BCUT2D eigenvalue weighted by Crippen LogP contribution is 2.50. The van der Waals surface area contributed by atoms with Crippen LogP contribution in [0.2, 0.25) is 0 Å². The maximum atomic E-state index is 14.2. The van der Waals surface area contributed by atoms with Crippen molar-refractivity contribution >= 4 is 37.0 Å². The molecule has 0 unspecified atom stereocenters. The van der Waals surface area contributed by atoms with Crippen LogP contribution in [0, 0.1) is 11.3 Å². The monoisotopic (exact) mass is 672 g/mol. The zero-order valence-electron chi connectivity index (χ0n) is 26.4. The predicted molar refractivity (Wildman–Crippen MR) is 164 cm³/mol. The highest BCUT2D eigenvalue weighted by atomic mass is 31.2. The van der Waals surface area contributed by atoms with E-state index in [1.165, 1.54) is 29.9 Å². The molecule has 0 aliphatic carbocycles. The molecule has 2 aromatic heterocycles. The molecule has 1 aliphatic rings. The molecule has 17 heteroatoms. The molecule has 16 nitrogen and oxygen atoms in total. The van der Waals surface area contributed by atoms with Crippen LogP contribution in [0.15, 0.2) is 48.8 Å². The van der Waals surface area contributed by atoms with Gasteiger partial charge in [0.15, 0.2) is 18.0 Å². The van der Waals surface area contributed by atoms with Crippen LogP contribution >= 0.6 is 7.75 Å². The molecule has 3 aromatic rings. The van der Waals surface area contributed by atoms with Crippen LogP contribution in [0.5, 0.6) is 5.75 Å². The summed E-state index contributed by atoms with van der Waals surface area (Å²) in [5.41, 5.74) is 4.48. The summed E-state index contributed by atoms with van der Waals surface area (Å²) in [7, 11) is -4.51. The molecular weight excluding hydrogens is 635 g/mol. The van der Waals surface area contributed by atoms with Gasteiger partial charge in [-0.05, 0) is 37.6 Å². The minimum Gasteiger partial charge on any atom is -0.465 e. The van der Waals surface area contributed by atoms with E-state index in [-0.39, 0.29) is 36.7 Å². The van der Waals surface area contributed by atoms with Gasteiger partial charge in [-0.1, -0.05) is 39.0 Å². The number of nitrogen functional groups attached to an aromatic ring is 1. The van der Waals surface area contributed by atoms with Crippen LogP contribution < -0.4 is 15.3 Å². The Balaban J connectivity index is 1.76. The lowest BCUT2D eigenvalue weighted by atomic mass is 9.95. The van der Waals surface area contributed by atoms with Crippen molar-refractivity contribution in [3.05, 3.63) is 54.5 Å². The van der Waals surface area contributed by atoms with E-state index in [4.69, 9.17) is 33.7 Å². The number of carbonyl (C=O) groups excluding carboxylic acids is 3. The summed E-state index contributed by atoms with van der Waals surface area (Å²) >= 11 is 0. The number of hydrogen-bond donors (Lipinski definition) is 2. The first-order valence-corrected chi connectivity index (χ1v) is 16.5. The van der Waals surface area contributed by atoms with Gasteiger partial charge in [0.1, 0.15) is 42.4 Å². The molecule has 0 bridgehead atoms. The second kappa shape index (κ2) is 15.4. The maximum absolute atomic E-state index is 14.2. The zero-order valence-corrected chi connectivity index (χ0v) is 27.3. The summed E-state index contributed by atoms with van der Waals surface area (Å²) in [5.74, 6) is -1.87. The van der Waals surface area contributed by atoms with Crippen LogP contribution in [0.3, 0.4) is 0 Å². The van der Waals surface area contributed by atoms with Crippen LogP contribution in [0.4, 0.5) is 5.82 Å². The van der Waals surface area contributed by atoms with Gasteiger partial charge in [0.2, 0.25) is 5.60 Å². The van der Waals surface area contributed by atoms with Crippen LogP contribution in [-0.4, -0.2) is 69.6 Å². The van der Waals surface area contributed by atoms with E-state index in [0.717, 1.165) is 0 Å². The molecule has 1 saturated heterocycles. The Hall–Kier alpha value is -4.55. The summed E-state index contributed by atoms with van der Waals surface area (Å²) in [6, 6.07) is 12.0. The molecular formula is C30H37N6O10P. The summed E-state index contributed by atoms with van der Waals surface area (Å²) < 4.78 is 50.1. The van der Waals surface area contributed by atoms with Gasteiger partial charge in [0.25, 0.3) is 0 Å². The number of fused-ring (bicyclic) bond motifs is 1.